The van der Waals surface area contributed by atoms with Crippen LogP contribution in [0.2, 0.25) is 5.15 Å². The van der Waals surface area contributed by atoms with E-state index in [-0.39, 0.29) is 23.3 Å². The highest BCUT2D eigenvalue weighted by Gasteiger charge is 2.23. The van der Waals surface area contributed by atoms with Crippen molar-refractivity contribution in [3.63, 3.8) is 0 Å². The van der Waals surface area contributed by atoms with Crippen molar-refractivity contribution in [1.82, 2.24) is 9.97 Å². The van der Waals surface area contributed by atoms with Gasteiger partial charge < -0.3 is 4.74 Å². The van der Waals surface area contributed by atoms with Gasteiger partial charge in [0, 0.05) is 24.0 Å². The average Bonchev–Trinajstić information content (AvgIpc) is 2.71. The minimum atomic E-state index is -4.44. The SMILES string of the molecule is CCOC(=O)Nc1cc(-c2cnc(Cl)c(NS(=O)(=O)c3ccc(F)cc3F)c2C)ccn1. The van der Waals surface area contributed by atoms with E-state index in [1.165, 1.54) is 18.5 Å². The summed E-state index contributed by atoms with van der Waals surface area (Å²) in [5.41, 5.74) is 1.32. The summed E-state index contributed by atoms with van der Waals surface area (Å²) >= 11 is 6.10. The number of sulfonamides is 1. The minimum Gasteiger partial charge on any atom is -0.450 e. The summed E-state index contributed by atoms with van der Waals surface area (Å²) < 4.78 is 59.6. The van der Waals surface area contributed by atoms with E-state index in [1.807, 2.05) is 0 Å². The molecule has 0 atom stereocenters. The van der Waals surface area contributed by atoms with Gasteiger partial charge in [-0.1, -0.05) is 11.6 Å². The molecule has 0 aliphatic rings. The molecule has 0 aliphatic carbocycles. The molecule has 0 saturated heterocycles. The molecule has 2 aromatic heterocycles. The molecule has 0 unspecified atom stereocenters. The molecule has 168 valence electrons. The summed E-state index contributed by atoms with van der Waals surface area (Å²) in [6.45, 7) is 3.43. The topological polar surface area (TPSA) is 110 Å². The van der Waals surface area contributed by atoms with Gasteiger partial charge in [-0.3, -0.25) is 10.0 Å². The summed E-state index contributed by atoms with van der Waals surface area (Å²) in [4.78, 5) is 18.9. The zero-order valence-corrected chi connectivity index (χ0v) is 18.4. The molecule has 3 aromatic rings. The number of carbonyl (C=O) groups is 1. The Kier molecular flexibility index (Phi) is 6.90. The molecule has 0 saturated carbocycles. The van der Waals surface area contributed by atoms with Crippen LogP contribution in [0.15, 0.2) is 47.6 Å². The number of ether oxygens (including phenoxy) is 1. The highest BCUT2D eigenvalue weighted by molar-refractivity contribution is 7.92. The molecule has 0 radical (unpaired) electrons. The predicted octanol–water partition coefficient (Wildman–Crippen LogP) is 4.75. The van der Waals surface area contributed by atoms with Crippen LogP contribution in [0.25, 0.3) is 11.1 Å². The third-order valence-corrected chi connectivity index (χ3v) is 5.96. The first-order chi connectivity index (χ1) is 15.1. The third kappa shape index (κ3) is 5.11. The minimum absolute atomic E-state index is 0.0791. The van der Waals surface area contributed by atoms with E-state index >= 15 is 0 Å². The molecule has 0 spiro atoms. The van der Waals surface area contributed by atoms with E-state index in [9.17, 15) is 22.0 Å². The maximum atomic E-state index is 14.0. The van der Waals surface area contributed by atoms with Crippen molar-refractivity contribution in [1.29, 1.82) is 0 Å². The number of anilines is 2. The predicted molar refractivity (Wildman–Crippen MR) is 115 cm³/mol. The van der Waals surface area contributed by atoms with Crippen molar-refractivity contribution in [2.24, 2.45) is 0 Å². The fraction of sp³-hybridized carbons (Fsp3) is 0.150. The number of aromatic nitrogens is 2. The lowest BCUT2D eigenvalue weighted by molar-refractivity contribution is 0.168. The van der Waals surface area contributed by atoms with E-state index in [2.05, 4.69) is 20.0 Å². The second-order valence-corrected chi connectivity index (χ2v) is 8.43. The van der Waals surface area contributed by atoms with E-state index in [0.717, 1.165) is 12.1 Å². The first kappa shape index (κ1) is 23.4. The number of nitrogens with zero attached hydrogens (tertiary/aromatic N) is 2. The number of hydrogen-bond donors (Lipinski definition) is 2. The van der Waals surface area contributed by atoms with Crippen molar-refractivity contribution in [3.8, 4) is 11.1 Å². The smallest absolute Gasteiger partial charge is 0.412 e. The molecule has 2 N–H and O–H groups in total. The van der Waals surface area contributed by atoms with Gasteiger partial charge in [-0.15, -0.1) is 0 Å². The van der Waals surface area contributed by atoms with Crippen LogP contribution in [0.4, 0.5) is 25.1 Å². The second-order valence-electron chi connectivity index (χ2n) is 6.42. The van der Waals surface area contributed by atoms with E-state index in [1.54, 1.807) is 19.9 Å². The lowest BCUT2D eigenvalue weighted by Gasteiger charge is -2.15. The van der Waals surface area contributed by atoms with Gasteiger partial charge in [0.1, 0.15) is 22.3 Å². The van der Waals surface area contributed by atoms with Gasteiger partial charge in [-0.05, 0) is 49.2 Å². The van der Waals surface area contributed by atoms with Gasteiger partial charge >= 0.3 is 6.09 Å². The number of nitrogens with one attached hydrogen (secondary N) is 2. The van der Waals surface area contributed by atoms with Gasteiger partial charge in [0.15, 0.2) is 5.15 Å². The summed E-state index contributed by atoms with van der Waals surface area (Å²) in [7, 11) is -4.44. The molecule has 0 aliphatic heterocycles. The van der Waals surface area contributed by atoms with Crippen LogP contribution in [-0.4, -0.2) is 31.1 Å². The molecule has 1 aromatic carbocycles. The third-order valence-electron chi connectivity index (χ3n) is 4.29. The molecular formula is C20H17ClF2N4O4S. The first-order valence-corrected chi connectivity index (χ1v) is 11.0. The Bertz CT molecular complexity index is 1290. The molecule has 8 nitrogen and oxygen atoms in total. The summed E-state index contributed by atoms with van der Waals surface area (Å²) in [6.07, 6.45) is 2.16. The molecular weight excluding hydrogens is 466 g/mol. The van der Waals surface area contributed by atoms with Crippen molar-refractivity contribution < 1.29 is 26.7 Å². The largest absolute Gasteiger partial charge is 0.450 e. The van der Waals surface area contributed by atoms with E-state index in [4.69, 9.17) is 16.3 Å². The Labute approximate surface area is 187 Å². The van der Waals surface area contributed by atoms with Crippen molar-refractivity contribution in [3.05, 3.63) is 65.1 Å². The molecule has 3 rings (SSSR count). The zero-order valence-electron chi connectivity index (χ0n) is 16.8. The number of hydrogen-bond acceptors (Lipinski definition) is 6. The second kappa shape index (κ2) is 9.45. The Morgan fingerprint density at radius 2 is 1.94 bits per heavy atom. The summed E-state index contributed by atoms with van der Waals surface area (Å²) in [6, 6.07) is 5.26. The van der Waals surface area contributed by atoms with Crippen LogP contribution in [0.5, 0.6) is 0 Å². The molecule has 1 amide bonds. The van der Waals surface area contributed by atoms with Crippen LogP contribution in [0.3, 0.4) is 0 Å². The van der Waals surface area contributed by atoms with Crippen molar-refractivity contribution in [2.75, 3.05) is 16.6 Å². The van der Waals surface area contributed by atoms with Crippen LogP contribution >= 0.6 is 11.6 Å². The summed E-state index contributed by atoms with van der Waals surface area (Å²) in [5, 5.41) is 2.30. The van der Waals surface area contributed by atoms with Crippen LogP contribution in [0.1, 0.15) is 12.5 Å². The summed E-state index contributed by atoms with van der Waals surface area (Å²) in [5.74, 6) is -1.96. The Balaban J connectivity index is 1.99. The number of carbonyl (C=O) groups excluding carboxylic acids is 1. The lowest BCUT2D eigenvalue weighted by atomic mass is 10.0. The molecule has 12 heteroatoms. The number of pyridine rings is 2. The fourth-order valence-corrected chi connectivity index (χ4v) is 4.29. The maximum Gasteiger partial charge on any atom is 0.412 e. The monoisotopic (exact) mass is 482 g/mol. The van der Waals surface area contributed by atoms with Gasteiger partial charge in [-0.2, -0.15) is 0 Å². The quantitative estimate of drug-likeness (QED) is 0.490. The Morgan fingerprint density at radius 1 is 1.19 bits per heavy atom. The molecule has 32 heavy (non-hydrogen) atoms. The van der Waals surface area contributed by atoms with Crippen molar-refractivity contribution >= 4 is 39.2 Å². The molecule has 0 bridgehead atoms. The zero-order chi connectivity index (χ0) is 23.5. The standard InChI is InChI=1S/C20H17ClF2N4O4S/c1-3-31-20(28)26-17-8-12(6-7-24-17)14-10-25-19(21)18(11(14)2)27-32(29,30)16-5-4-13(22)9-15(16)23/h4-10,27H,3H2,1-2H3,(H,24,26,28). The highest BCUT2D eigenvalue weighted by Crippen LogP contribution is 2.34. The highest BCUT2D eigenvalue weighted by atomic mass is 35.5. The molecule has 0 fully saturated rings. The van der Waals surface area contributed by atoms with Gasteiger partial charge in [0.25, 0.3) is 10.0 Å². The normalized spacial score (nSPS) is 11.2. The Morgan fingerprint density at radius 3 is 2.62 bits per heavy atom. The van der Waals surface area contributed by atoms with Gasteiger partial charge in [0.05, 0.1) is 12.3 Å². The first-order valence-electron chi connectivity index (χ1n) is 9.15. The number of benzene rings is 1. The van der Waals surface area contributed by atoms with Gasteiger partial charge in [-0.25, -0.2) is 32.0 Å². The number of halogens is 3. The number of amides is 1. The van der Waals surface area contributed by atoms with Crippen LogP contribution in [-0.2, 0) is 14.8 Å². The maximum absolute atomic E-state index is 14.0. The average molecular weight is 483 g/mol. The van der Waals surface area contributed by atoms with Crippen LogP contribution < -0.4 is 10.0 Å². The molecule has 2 heterocycles. The van der Waals surface area contributed by atoms with E-state index in [0.29, 0.717) is 22.8 Å². The van der Waals surface area contributed by atoms with E-state index < -0.39 is 32.6 Å². The van der Waals surface area contributed by atoms with Crippen molar-refractivity contribution in [2.45, 2.75) is 18.7 Å². The number of rotatable bonds is 6. The van der Waals surface area contributed by atoms with Gasteiger partial charge in [0.2, 0.25) is 0 Å². The fourth-order valence-electron chi connectivity index (χ4n) is 2.80. The van der Waals surface area contributed by atoms with Crippen LogP contribution in [0, 0.1) is 18.6 Å². The Hall–Kier alpha value is -3.31. The lowest BCUT2D eigenvalue weighted by Crippen LogP contribution is -2.16.